The third kappa shape index (κ3) is 3.48. The van der Waals surface area contributed by atoms with Crippen molar-refractivity contribution in [3.05, 3.63) is 89.0 Å². The number of aromatic nitrogens is 1. The van der Waals surface area contributed by atoms with Gasteiger partial charge in [0.15, 0.2) is 0 Å². The van der Waals surface area contributed by atoms with Crippen molar-refractivity contribution in [2.24, 2.45) is 0 Å². The van der Waals surface area contributed by atoms with Gasteiger partial charge in [-0.1, -0.05) is 41.9 Å². The number of benzene rings is 2. The van der Waals surface area contributed by atoms with E-state index >= 15 is 0 Å². The molecule has 0 aliphatic rings. The maximum atomic E-state index is 13.7. The Balaban J connectivity index is 1.90. The van der Waals surface area contributed by atoms with Crippen LogP contribution >= 0.6 is 22.9 Å². The Morgan fingerprint density at radius 1 is 0.760 bits per heavy atom. The standard InChI is InChI=1S/C21H13ClFNS/c22-17-8-6-14(7-9-17)19-12-16(15-3-1-4-18(23)11-15)13-20(24-19)21-5-2-10-25-21/h1-13H. The third-order valence-corrected chi connectivity index (χ3v) is 5.04. The molecule has 0 amide bonds. The lowest BCUT2D eigenvalue weighted by Gasteiger charge is -2.09. The summed E-state index contributed by atoms with van der Waals surface area (Å²) in [7, 11) is 0. The van der Waals surface area contributed by atoms with Crippen molar-refractivity contribution in [3.8, 4) is 33.0 Å². The van der Waals surface area contributed by atoms with E-state index in [0.717, 1.165) is 33.0 Å². The summed E-state index contributed by atoms with van der Waals surface area (Å²) in [5.41, 5.74) is 4.45. The Bertz CT molecular complexity index is 1010. The quantitative estimate of drug-likeness (QED) is 0.383. The molecule has 1 nitrogen and oxygen atoms in total. The first-order valence-electron chi connectivity index (χ1n) is 7.77. The minimum atomic E-state index is -0.250. The molecule has 4 aromatic rings. The summed E-state index contributed by atoms with van der Waals surface area (Å²) >= 11 is 7.63. The molecule has 0 bridgehead atoms. The summed E-state index contributed by atoms with van der Waals surface area (Å²) in [4.78, 5) is 5.87. The first-order chi connectivity index (χ1) is 12.2. The van der Waals surface area contributed by atoms with E-state index in [-0.39, 0.29) is 5.82 Å². The zero-order valence-electron chi connectivity index (χ0n) is 13.1. The van der Waals surface area contributed by atoms with Crippen LogP contribution in [0.15, 0.2) is 78.2 Å². The van der Waals surface area contributed by atoms with Crippen LogP contribution in [0.25, 0.3) is 33.0 Å². The SMILES string of the molecule is Fc1cccc(-c2cc(-c3ccc(Cl)cc3)nc(-c3cccs3)c2)c1. The monoisotopic (exact) mass is 365 g/mol. The lowest BCUT2D eigenvalue weighted by molar-refractivity contribution is 0.628. The average Bonchev–Trinajstić information content (AvgIpc) is 3.17. The summed E-state index contributed by atoms with van der Waals surface area (Å²) in [5.74, 6) is -0.250. The van der Waals surface area contributed by atoms with Gasteiger partial charge in [-0.15, -0.1) is 11.3 Å². The number of thiophene rings is 1. The molecule has 0 unspecified atom stereocenters. The van der Waals surface area contributed by atoms with Crippen LogP contribution in [0.5, 0.6) is 0 Å². The maximum Gasteiger partial charge on any atom is 0.123 e. The zero-order valence-corrected chi connectivity index (χ0v) is 14.7. The molecule has 4 heteroatoms. The van der Waals surface area contributed by atoms with Gasteiger partial charge in [-0.05, 0) is 59.0 Å². The van der Waals surface area contributed by atoms with Crippen LogP contribution in [-0.2, 0) is 0 Å². The van der Waals surface area contributed by atoms with Gasteiger partial charge in [0, 0.05) is 10.6 Å². The molecule has 0 aliphatic carbocycles. The highest BCUT2D eigenvalue weighted by Crippen LogP contribution is 2.32. The molecule has 0 radical (unpaired) electrons. The summed E-state index contributed by atoms with van der Waals surface area (Å²) in [6, 6.07) is 22.2. The molecule has 0 saturated carbocycles. The highest BCUT2D eigenvalue weighted by Gasteiger charge is 2.10. The van der Waals surface area contributed by atoms with Crippen molar-refractivity contribution in [2.45, 2.75) is 0 Å². The highest BCUT2D eigenvalue weighted by atomic mass is 35.5. The fourth-order valence-electron chi connectivity index (χ4n) is 2.68. The minimum absolute atomic E-state index is 0.250. The van der Waals surface area contributed by atoms with E-state index in [0.29, 0.717) is 5.02 Å². The van der Waals surface area contributed by atoms with E-state index < -0.39 is 0 Å². The molecule has 122 valence electrons. The van der Waals surface area contributed by atoms with E-state index in [2.05, 4.69) is 0 Å². The highest BCUT2D eigenvalue weighted by molar-refractivity contribution is 7.13. The summed E-state index contributed by atoms with van der Waals surface area (Å²) in [5, 5.41) is 2.71. The normalized spacial score (nSPS) is 10.8. The van der Waals surface area contributed by atoms with Crippen LogP contribution in [0, 0.1) is 5.82 Å². The molecule has 2 aromatic heterocycles. The van der Waals surface area contributed by atoms with Gasteiger partial charge in [-0.25, -0.2) is 9.37 Å². The van der Waals surface area contributed by atoms with Crippen LogP contribution < -0.4 is 0 Å². The average molecular weight is 366 g/mol. The van der Waals surface area contributed by atoms with Gasteiger partial charge in [-0.3, -0.25) is 0 Å². The van der Waals surface area contributed by atoms with Crippen LogP contribution in [0.4, 0.5) is 4.39 Å². The Hall–Kier alpha value is -2.49. The Morgan fingerprint density at radius 3 is 2.28 bits per heavy atom. The molecule has 0 aliphatic heterocycles. The Labute approximate surface area is 154 Å². The first kappa shape index (κ1) is 16.0. The molecular weight excluding hydrogens is 353 g/mol. The number of rotatable bonds is 3. The van der Waals surface area contributed by atoms with Gasteiger partial charge < -0.3 is 0 Å². The van der Waals surface area contributed by atoms with Crippen LogP contribution in [0.1, 0.15) is 0 Å². The fourth-order valence-corrected chi connectivity index (χ4v) is 3.50. The van der Waals surface area contributed by atoms with Gasteiger partial charge in [0.2, 0.25) is 0 Å². The molecule has 0 atom stereocenters. The first-order valence-corrected chi connectivity index (χ1v) is 9.03. The number of hydrogen-bond acceptors (Lipinski definition) is 2. The van der Waals surface area contributed by atoms with Gasteiger partial charge in [0.25, 0.3) is 0 Å². The molecule has 0 spiro atoms. The molecule has 0 saturated heterocycles. The topological polar surface area (TPSA) is 12.9 Å². The number of hydrogen-bond donors (Lipinski definition) is 0. The second kappa shape index (κ2) is 6.79. The summed E-state index contributed by atoms with van der Waals surface area (Å²) in [6.45, 7) is 0. The molecule has 25 heavy (non-hydrogen) atoms. The summed E-state index contributed by atoms with van der Waals surface area (Å²) in [6.07, 6.45) is 0. The van der Waals surface area contributed by atoms with Crippen LogP contribution in [0.2, 0.25) is 5.02 Å². The van der Waals surface area contributed by atoms with E-state index in [1.165, 1.54) is 6.07 Å². The van der Waals surface area contributed by atoms with E-state index in [1.807, 2.05) is 60.0 Å². The van der Waals surface area contributed by atoms with Crippen molar-refractivity contribution in [2.75, 3.05) is 0 Å². The van der Waals surface area contributed by atoms with Crippen molar-refractivity contribution in [1.82, 2.24) is 4.98 Å². The van der Waals surface area contributed by atoms with Crippen LogP contribution in [-0.4, -0.2) is 4.98 Å². The van der Waals surface area contributed by atoms with Crippen LogP contribution in [0.3, 0.4) is 0 Å². The van der Waals surface area contributed by atoms with Gasteiger partial charge >= 0.3 is 0 Å². The van der Waals surface area contributed by atoms with Crippen molar-refractivity contribution in [3.63, 3.8) is 0 Å². The molecule has 2 heterocycles. The van der Waals surface area contributed by atoms with Gasteiger partial charge in [-0.2, -0.15) is 0 Å². The largest absolute Gasteiger partial charge is 0.247 e. The number of pyridine rings is 1. The Morgan fingerprint density at radius 2 is 1.56 bits per heavy atom. The predicted molar refractivity (Wildman–Crippen MR) is 103 cm³/mol. The van der Waals surface area contributed by atoms with E-state index in [1.54, 1.807) is 23.5 Å². The summed E-state index contributed by atoms with van der Waals surface area (Å²) < 4.78 is 13.7. The predicted octanol–water partition coefficient (Wildman–Crippen LogP) is 6.94. The van der Waals surface area contributed by atoms with Crippen molar-refractivity contribution in [1.29, 1.82) is 0 Å². The third-order valence-electron chi connectivity index (χ3n) is 3.90. The smallest absolute Gasteiger partial charge is 0.123 e. The minimum Gasteiger partial charge on any atom is -0.247 e. The van der Waals surface area contributed by atoms with Gasteiger partial charge in [0.1, 0.15) is 5.82 Å². The maximum absolute atomic E-state index is 13.7. The van der Waals surface area contributed by atoms with Crippen molar-refractivity contribution < 1.29 is 4.39 Å². The second-order valence-electron chi connectivity index (χ2n) is 5.62. The Kier molecular flexibility index (Phi) is 4.35. The molecule has 0 fully saturated rings. The molecule has 4 rings (SSSR count). The fraction of sp³-hybridized carbons (Fsp3) is 0. The zero-order chi connectivity index (χ0) is 17.2. The lowest BCUT2D eigenvalue weighted by atomic mass is 10.0. The molecule has 0 N–H and O–H groups in total. The van der Waals surface area contributed by atoms with E-state index in [4.69, 9.17) is 16.6 Å². The number of nitrogens with zero attached hydrogens (tertiary/aromatic N) is 1. The second-order valence-corrected chi connectivity index (χ2v) is 7.00. The number of halogens is 2. The van der Waals surface area contributed by atoms with Crippen molar-refractivity contribution >= 4 is 22.9 Å². The van der Waals surface area contributed by atoms with Gasteiger partial charge in [0.05, 0.1) is 16.3 Å². The molecular formula is C21H13ClFNS. The molecule has 2 aromatic carbocycles. The van der Waals surface area contributed by atoms with E-state index in [9.17, 15) is 4.39 Å². The lowest BCUT2D eigenvalue weighted by Crippen LogP contribution is -1.90.